The van der Waals surface area contributed by atoms with Crippen LogP contribution in [-0.4, -0.2) is 71.9 Å². The summed E-state index contributed by atoms with van der Waals surface area (Å²) in [6.45, 7) is 7.92. The van der Waals surface area contributed by atoms with E-state index in [9.17, 15) is 4.79 Å². The molecule has 1 fully saturated rings. The topological polar surface area (TPSA) is 64.0 Å². The fourth-order valence-electron chi connectivity index (χ4n) is 2.43. The van der Waals surface area contributed by atoms with Gasteiger partial charge in [0, 0.05) is 38.3 Å². The van der Waals surface area contributed by atoms with Crippen molar-refractivity contribution < 1.29 is 15.0 Å². The number of piperazine rings is 1. The van der Waals surface area contributed by atoms with E-state index in [2.05, 4.69) is 4.90 Å². The second-order valence-electron chi connectivity index (χ2n) is 5.52. The maximum atomic E-state index is 12.3. The molecule has 1 rings (SSSR count). The fourth-order valence-corrected chi connectivity index (χ4v) is 2.43. The summed E-state index contributed by atoms with van der Waals surface area (Å²) in [5, 5.41) is 17.7. The third kappa shape index (κ3) is 6.42. The van der Waals surface area contributed by atoms with Crippen LogP contribution in [0.3, 0.4) is 0 Å². The lowest BCUT2D eigenvalue weighted by molar-refractivity contribution is -0.128. The van der Waals surface area contributed by atoms with Gasteiger partial charge < -0.3 is 15.1 Å². The molecule has 0 aromatic rings. The van der Waals surface area contributed by atoms with Gasteiger partial charge in [-0.15, -0.1) is 0 Å². The first-order chi connectivity index (χ1) is 10.1. The fraction of sp³-hybridized carbons (Fsp3) is 0.688. The lowest BCUT2D eigenvalue weighted by Crippen LogP contribution is -2.49. The average molecular weight is 296 g/mol. The van der Waals surface area contributed by atoms with Gasteiger partial charge in [-0.25, -0.2) is 0 Å². The Hall–Kier alpha value is -1.17. The predicted molar refractivity (Wildman–Crippen MR) is 83.9 cm³/mol. The monoisotopic (exact) mass is 296 g/mol. The second kappa shape index (κ2) is 9.71. The summed E-state index contributed by atoms with van der Waals surface area (Å²) in [6, 6.07) is 0. The van der Waals surface area contributed by atoms with Gasteiger partial charge in [0.2, 0.25) is 5.91 Å². The van der Waals surface area contributed by atoms with Crippen molar-refractivity contribution in [2.45, 2.75) is 26.7 Å². The summed E-state index contributed by atoms with van der Waals surface area (Å²) >= 11 is 0. The Morgan fingerprint density at radius 2 is 1.76 bits per heavy atom. The normalized spacial score (nSPS) is 18.2. The molecule has 1 aliphatic rings. The first kappa shape index (κ1) is 17.9. The van der Waals surface area contributed by atoms with Gasteiger partial charge in [0.15, 0.2) is 0 Å². The van der Waals surface area contributed by atoms with E-state index in [4.69, 9.17) is 10.2 Å². The van der Waals surface area contributed by atoms with Crippen molar-refractivity contribution in [3.63, 3.8) is 0 Å². The number of aliphatic hydroxyl groups excluding tert-OH is 2. The first-order valence-corrected chi connectivity index (χ1v) is 7.64. The Morgan fingerprint density at radius 3 is 2.33 bits per heavy atom. The van der Waals surface area contributed by atoms with Gasteiger partial charge in [-0.1, -0.05) is 17.7 Å². The summed E-state index contributed by atoms with van der Waals surface area (Å²) in [5.41, 5.74) is 1.94. The lowest BCUT2D eigenvalue weighted by atomic mass is 10.1. The summed E-state index contributed by atoms with van der Waals surface area (Å²) in [4.78, 5) is 16.4. The van der Waals surface area contributed by atoms with Gasteiger partial charge in [0.1, 0.15) is 0 Å². The van der Waals surface area contributed by atoms with Crippen molar-refractivity contribution in [3.05, 3.63) is 23.3 Å². The predicted octanol–water partition coefficient (Wildman–Crippen LogP) is 0.788. The molecule has 0 aliphatic carbocycles. The summed E-state index contributed by atoms with van der Waals surface area (Å²) < 4.78 is 0. The van der Waals surface area contributed by atoms with Crippen LogP contribution in [0.25, 0.3) is 0 Å². The van der Waals surface area contributed by atoms with Gasteiger partial charge in [-0.3, -0.25) is 9.69 Å². The highest BCUT2D eigenvalue weighted by Crippen LogP contribution is 2.10. The highest BCUT2D eigenvalue weighted by molar-refractivity contribution is 5.92. The molecule has 2 N–H and O–H groups in total. The molecule has 5 nitrogen and oxygen atoms in total. The molecule has 0 spiro atoms. The van der Waals surface area contributed by atoms with E-state index >= 15 is 0 Å². The van der Waals surface area contributed by atoms with Crippen LogP contribution in [0.5, 0.6) is 0 Å². The molecule has 0 radical (unpaired) electrons. The van der Waals surface area contributed by atoms with Crippen LogP contribution in [0.15, 0.2) is 23.3 Å². The van der Waals surface area contributed by atoms with E-state index in [1.807, 2.05) is 24.8 Å². The highest BCUT2D eigenvalue weighted by Gasteiger charge is 2.21. The molecule has 0 atom stereocenters. The summed E-state index contributed by atoms with van der Waals surface area (Å²) in [5.74, 6) is 0.113. The van der Waals surface area contributed by atoms with Crippen LogP contribution < -0.4 is 0 Å². The number of hydrogen-bond donors (Lipinski definition) is 2. The Morgan fingerprint density at radius 1 is 1.10 bits per heavy atom. The molecule has 0 bridgehead atoms. The quantitative estimate of drug-likeness (QED) is 0.538. The van der Waals surface area contributed by atoms with E-state index in [1.54, 1.807) is 6.08 Å². The first-order valence-electron chi connectivity index (χ1n) is 7.64. The SMILES string of the molecule is C/C(=C\CO)CC/C=C(\C)C(=O)N1CCN(CCO)CC1. The third-order valence-electron chi connectivity index (χ3n) is 3.84. The molecule has 0 unspecified atom stereocenters. The van der Waals surface area contributed by atoms with Gasteiger partial charge in [-0.05, 0) is 26.7 Å². The standard InChI is InChI=1S/C16H28N2O3/c1-14(6-12-19)4-3-5-15(2)16(21)18-9-7-17(8-10-18)11-13-20/h5-6,19-20H,3-4,7-13H2,1-2H3/b14-6+,15-5+. The molecular formula is C16H28N2O3. The van der Waals surface area contributed by atoms with E-state index in [0.29, 0.717) is 6.54 Å². The maximum Gasteiger partial charge on any atom is 0.249 e. The zero-order chi connectivity index (χ0) is 15.7. The Balaban J connectivity index is 2.39. The maximum absolute atomic E-state index is 12.3. The number of hydrogen-bond acceptors (Lipinski definition) is 4. The molecule has 0 aromatic carbocycles. The van der Waals surface area contributed by atoms with Crippen molar-refractivity contribution in [2.75, 3.05) is 45.9 Å². The highest BCUT2D eigenvalue weighted by atomic mass is 16.3. The number of β-amino-alcohol motifs (C(OH)–C–C–N with tert-alkyl or cyclic N) is 1. The molecule has 1 saturated heterocycles. The molecule has 1 amide bonds. The van der Waals surface area contributed by atoms with E-state index in [-0.39, 0.29) is 19.1 Å². The second-order valence-corrected chi connectivity index (χ2v) is 5.52. The van der Waals surface area contributed by atoms with Crippen molar-refractivity contribution in [1.29, 1.82) is 0 Å². The largest absolute Gasteiger partial charge is 0.395 e. The molecule has 1 heterocycles. The Kier molecular flexibility index (Phi) is 8.27. The van der Waals surface area contributed by atoms with Gasteiger partial charge in [0.25, 0.3) is 0 Å². The summed E-state index contributed by atoms with van der Waals surface area (Å²) in [6.07, 6.45) is 5.47. The van der Waals surface area contributed by atoms with Gasteiger partial charge >= 0.3 is 0 Å². The number of carbonyl (C=O) groups is 1. The van der Waals surface area contributed by atoms with Crippen molar-refractivity contribution in [1.82, 2.24) is 9.80 Å². The minimum atomic E-state index is 0.0750. The van der Waals surface area contributed by atoms with Crippen LogP contribution >= 0.6 is 0 Å². The number of allylic oxidation sites excluding steroid dienone is 2. The number of nitrogens with zero attached hydrogens (tertiary/aromatic N) is 2. The molecule has 5 heteroatoms. The number of carbonyl (C=O) groups excluding carboxylic acids is 1. The molecule has 21 heavy (non-hydrogen) atoms. The lowest BCUT2D eigenvalue weighted by Gasteiger charge is -2.34. The molecule has 0 saturated carbocycles. The van der Waals surface area contributed by atoms with Gasteiger partial charge in [0.05, 0.1) is 13.2 Å². The third-order valence-corrected chi connectivity index (χ3v) is 3.84. The molecular weight excluding hydrogens is 268 g/mol. The van der Waals surface area contributed by atoms with Crippen molar-refractivity contribution >= 4 is 5.91 Å². The Bertz CT molecular complexity index is 383. The minimum Gasteiger partial charge on any atom is -0.395 e. The molecule has 120 valence electrons. The summed E-state index contributed by atoms with van der Waals surface area (Å²) in [7, 11) is 0. The smallest absolute Gasteiger partial charge is 0.249 e. The van der Waals surface area contributed by atoms with Crippen LogP contribution in [0.1, 0.15) is 26.7 Å². The Labute approximate surface area is 127 Å². The number of aliphatic hydroxyl groups is 2. The van der Waals surface area contributed by atoms with E-state index < -0.39 is 0 Å². The zero-order valence-electron chi connectivity index (χ0n) is 13.2. The van der Waals surface area contributed by atoms with E-state index in [1.165, 1.54) is 0 Å². The number of rotatable bonds is 7. The minimum absolute atomic E-state index is 0.0750. The van der Waals surface area contributed by atoms with Crippen LogP contribution in [0.2, 0.25) is 0 Å². The van der Waals surface area contributed by atoms with Crippen molar-refractivity contribution in [2.24, 2.45) is 0 Å². The zero-order valence-corrected chi connectivity index (χ0v) is 13.2. The van der Waals surface area contributed by atoms with Crippen LogP contribution in [0.4, 0.5) is 0 Å². The molecule has 1 aliphatic heterocycles. The average Bonchev–Trinajstić information content (AvgIpc) is 2.48. The number of amides is 1. The van der Waals surface area contributed by atoms with E-state index in [0.717, 1.165) is 50.2 Å². The molecule has 0 aromatic heterocycles. The van der Waals surface area contributed by atoms with Crippen LogP contribution in [-0.2, 0) is 4.79 Å². The van der Waals surface area contributed by atoms with Crippen LogP contribution in [0, 0.1) is 0 Å². The van der Waals surface area contributed by atoms with Gasteiger partial charge in [-0.2, -0.15) is 0 Å². The van der Waals surface area contributed by atoms with Crippen molar-refractivity contribution in [3.8, 4) is 0 Å².